The first-order chi connectivity index (χ1) is 9.65. The monoisotopic (exact) mass is 297 g/mol. The van der Waals surface area contributed by atoms with E-state index >= 15 is 0 Å². The molecule has 0 bridgehead atoms. The van der Waals surface area contributed by atoms with E-state index in [9.17, 15) is 0 Å². The molecule has 1 atom stereocenters. The maximum absolute atomic E-state index is 5.63. The third kappa shape index (κ3) is 4.85. The van der Waals surface area contributed by atoms with Gasteiger partial charge in [-0.05, 0) is 33.1 Å². The Kier molecular flexibility index (Phi) is 5.94. The number of ether oxygens (including phenoxy) is 2. The van der Waals surface area contributed by atoms with Crippen molar-refractivity contribution in [2.24, 2.45) is 0 Å². The minimum Gasteiger partial charge on any atom is -0.379 e. The summed E-state index contributed by atoms with van der Waals surface area (Å²) >= 11 is 5.21. The summed E-state index contributed by atoms with van der Waals surface area (Å²) in [6.07, 6.45) is 3.38. The largest absolute Gasteiger partial charge is 0.379 e. The molecular formula is C14H23N3O2S. The van der Waals surface area contributed by atoms with Crippen LogP contribution in [-0.4, -0.2) is 35.8 Å². The molecule has 0 saturated carbocycles. The molecule has 1 unspecified atom stereocenters. The van der Waals surface area contributed by atoms with Gasteiger partial charge in [0.1, 0.15) is 22.4 Å². The lowest BCUT2D eigenvalue weighted by atomic mass is 10.2. The van der Waals surface area contributed by atoms with Crippen molar-refractivity contribution >= 4 is 18.0 Å². The van der Waals surface area contributed by atoms with Gasteiger partial charge >= 0.3 is 0 Å². The lowest BCUT2D eigenvalue weighted by Gasteiger charge is -2.12. The van der Waals surface area contributed by atoms with Gasteiger partial charge in [0, 0.05) is 25.8 Å². The maximum Gasteiger partial charge on any atom is 0.138 e. The Bertz CT molecular complexity index is 470. The first kappa shape index (κ1) is 15.4. The molecule has 5 nitrogen and oxygen atoms in total. The summed E-state index contributed by atoms with van der Waals surface area (Å²) in [7, 11) is 0. The average molecular weight is 297 g/mol. The molecule has 0 spiro atoms. The third-order valence-corrected chi connectivity index (χ3v) is 3.29. The fourth-order valence-corrected chi connectivity index (χ4v) is 2.35. The molecule has 2 rings (SSSR count). The van der Waals surface area contributed by atoms with Gasteiger partial charge in [-0.3, -0.25) is 0 Å². The van der Waals surface area contributed by atoms with Crippen LogP contribution in [-0.2, 0) is 9.47 Å². The van der Waals surface area contributed by atoms with E-state index in [1.807, 2.05) is 19.9 Å². The molecule has 1 aliphatic heterocycles. The summed E-state index contributed by atoms with van der Waals surface area (Å²) in [6.45, 7) is 6.49. The van der Waals surface area contributed by atoms with Gasteiger partial charge in [-0.2, -0.15) is 0 Å². The number of H-pyrrole nitrogens is 1. The van der Waals surface area contributed by atoms with Crippen LogP contribution in [0.1, 0.15) is 45.0 Å². The lowest BCUT2D eigenvalue weighted by molar-refractivity contribution is 0.0787. The number of hydrogen-bond donors (Lipinski definition) is 2. The summed E-state index contributed by atoms with van der Waals surface area (Å²) in [5.41, 5.74) is 0. The van der Waals surface area contributed by atoms with E-state index in [2.05, 4.69) is 15.3 Å². The summed E-state index contributed by atoms with van der Waals surface area (Å²) in [5.74, 6) is 1.73. The van der Waals surface area contributed by atoms with Gasteiger partial charge in [-0.15, -0.1) is 0 Å². The molecule has 0 aromatic carbocycles. The minimum atomic E-state index is 0.0581. The van der Waals surface area contributed by atoms with Crippen molar-refractivity contribution in [2.45, 2.75) is 45.3 Å². The number of rotatable bonds is 7. The Morgan fingerprint density at radius 1 is 1.60 bits per heavy atom. The predicted molar refractivity (Wildman–Crippen MR) is 81.5 cm³/mol. The minimum absolute atomic E-state index is 0.0581. The molecule has 1 saturated heterocycles. The Hall–Kier alpha value is -0.980. The SMILES string of the molecule is CC(C)OCCCNc1cc(=S)nc(C2CCCO2)[nH]1. The van der Waals surface area contributed by atoms with Crippen molar-refractivity contribution < 1.29 is 9.47 Å². The van der Waals surface area contributed by atoms with Gasteiger partial charge in [-0.25, -0.2) is 4.98 Å². The lowest BCUT2D eigenvalue weighted by Crippen LogP contribution is -2.11. The van der Waals surface area contributed by atoms with Crippen molar-refractivity contribution in [3.8, 4) is 0 Å². The van der Waals surface area contributed by atoms with Gasteiger partial charge in [0.2, 0.25) is 0 Å². The Morgan fingerprint density at radius 3 is 3.15 bits per heavy atom. The first-order valence-electron chi connectivity index (χ1n) is 7.23. The second-order valence-corrected chi connectivity index (χ2v) is 5.64. The van der Waals surface area contributed by atoms with Crippen molar-refractivity contribution in [1.29, 1.82) is 0 Å². The van der Waals surface area contributed by atoms with Crippen LogP contribution in [0.4, 0.5) is 5.82 Å². The second-order valence-electron chi connectivity index (χ2n) is 5.22. The smallest absolute Gasteiger partial charge is 0.138 e. The molecule has 1 fully saturated rings. The fraction of sp³-hybridized carbons (Fsp3) is 0.714. The molecule has 1 aromatic rings. The van der Waals surface area contributed by atoms with E-state index in [4.69, 9.17) is 21.7 Å². The third-order valence-electron chi connectivity index (χ3n) is 3.08. The number of nitrogens with zero attached hydrogens (tertiary/aromatic N) is 1. The van der Waals surface area contributed by atoms with Crippen LogP contribution in [0, 0.1) is 4.64 Å². The van der Waals surface area contributed by atoms with Gasteiger partial charge in [0.05, 0.1) is 6.10 Å². The van der Waals surface area contributed by atoms with Crippen LogP contribution in [0.15, 0.2) is 6.07 Å². The molecule has 0 aliphatic carbocycles. The zero-order valence-corrected chi connectivity index (χ0v) is 13.0. The van der Waals surface area contributed by atoms with Crippen LogP contribution in [0.2, 0.25) is 0 Å². The highest BCUT2D eigenvalue weighted by Crippen LogP contribution is 2.26. The average Bonchev–Trinajstić information content (AvgIpc) is 2.91. The highest BCUT2D eigenvalue weighted by molar-refractivity contribution is 7.71. The number of aromatic amines is 1. The Morgan fingerprint density at radius 2 is 2.45 bits per heavy atom. The van der Waals surface area contributed by atoms with Gasteiger partial charge in [0.25, 0.3) is 0 Å². The molecular weight excluding hydrogens is 274 g/mol. The number of hydrogen-bond acceptors (Lipinski definition) is 5. The van der Waals surface area contributed by atoms with Crippen LogP contribution in [0.5, 0.6) is 0 Å². The van der Waals surface area contributed by atoms with Gasteiger partial charge in [0.15, 0.2) is 0 Å². The van der Waals surface area contributed by atoms with E-state index in [-0.39, 0.29) is 12.2 Å². The van der Waals surface area contributed by atoms with Crippen molar-refractivity contribution in [2.75, 3.05) is 25.1 Å². The van der Waals surface area contributed by atoms with E-state index < -0.39 is 0 Å². The number of aromatic nitrogens is 2. The van der Waals surface area contributed by atoms with Gasteiger partial charge < -0.3 is 19.8 Å². The van der Waals surface area contributed by atoms with E-state index in [1.54, 1.807) is 0 Å². The standard InChI is InChI=1S/C14H23N3O2S/c1-10(2)18-8-4-6-15-12-9-13(20)17-14(16-12)11-5-3-7-19-11/h9-11H,3-8H2,1-2H3,(H2,15,16,17,20). The Balaban J connectivity index is 1.86. The van der Waals surface area contributed by atoms with Crippen molar-refractivity contribution in [3.05, 3.63) is 16.5 Å². The molecule has 20 heavy (non-hydrogen) atoms. The summed E-state index contributed by atoms with van der Waals surface area (Å²) in [5, 5.41) is 3.33. The van der Waals surface area contributed by atoms with E-state index in [0.717, 1.165) is 50.7 Å². The fourth-order valence-electron chi connectivity index (χ4n) is 2.13. The van der Waals surface area contributed by atoms with Crippen molar-refractivity contribution in [3.63, 3.8) is 0 Å². The second kappa shape index (κ2) is 7.71. The molecule has 2 N–H and O–H groups in total. The summed E-state index contributed by atoms with van der Waals surface area (Å²) in [6, 6.07) is 1.84. The van der Waals surface area contributed by atoms with Crippen LogP contribution >= 0.6 is 12.2 Å². The quantitative estimate of drug-likeness (QED) is 0.598. The van der Waals surface area contributed by atoms with E-state index in [1.165, 1.54) is 0 Å². The van der Waals surface area contributed by atoms with Crippen LogP contribution in [0.3, 0.4) is 0 Å². The molecule has 2 heterocycles. The molecule has 1 aliphatic rings. The molecule has 0 radical (unpaired) electrons. The van der Waals surface area contributed by atoms with Crippen molar-refractivity contribution in [1.82, 2.24) is 9.97 Å². The van der Waals surface area contributed by atoms with Crippen LogP contribution < -0.4 is 5.32 Å². The molecule has 1 aromatic heterocycles. The predicted octanol–water partition coefficient (Wildman–Crippen LogP) is 3.22. The number of anilines is 1. The summed E-state index contributed by atoms with van der Waals surface area (Å²) in [4.78, 5) is 7.63. The topological polar surface area (TPSA) is 59.2 Å². The molecule has 6 heteroatoms. The first-order valence-corrected chi connectivity index (χ1v) is 7.64. The molecule has 112 valence electrons. The highest BCUT2D eigenvalue weighted by Gasteiger charge is 2.20. The van der Waals surface area contributed by atoms with Gasteiger partial charge in [-0.1, -0.05) is 12.2 Å². The normalized spacial score (nSPS) is 18.6. The zero-order valence-electron chi connectivity index (χ0n) is 12.1. The maximum atomic E-state index is 5.63. The van der Waals surface area contributed by atoms with Crippen LogP contribution in [0.25, 0.3) is 0 Å². The Labute approximate surface area is 125 Å². The summed E-state index contributed by atoms with van der Waals surface area (Å²) < 4.78 is 11.7. The van der Waals surface area contributed by atoms with E-state index in [0.29, 0.717) is 4.64 Å². The number of nitrogens with one attached hydrogen (secondary N) is 2. The highest BCUT2D eigenvalue weighted by atomic mass is 32.1. The molecule has 0 amide bonds. The zero-order chi connectivity index (χ0) is 14.4.